The van der Waals surface area contributed by atoms with Crippen LogP contribution >= 0.6 is 0 Å². The molecule has 0 amide bonds. The fourth-order valence-corrected chi connectivity index (χ4v) is 2.18. The topological polar surface area (TPSA) is 50.9 Å². The molecule has 1 aromatic heterocycles. The summed E-state index contributed by atoms with van der Waals surface area (Å²) in [4.78, 5) is 4.24. The smallest absolute Gasteiger partial charge is 0.128 e. The van der Waals surface area contributed by atoms with Gasteiger partial charge in [-0.3, -0.25) is 0 Å². The maximum atomic E-state index is 5.74. The van der Waals surface area contributed by atoms with Gasteiger partial charge in [0.05, 0.1) is 0 Å². The van der Waals surface area contributed by atoms with Gasteiger partial charge in [-0.1, -0.05) is 42.5 Å². The molecule has 0 aliphatic rings. The van der Waals surface area contributed by atoms with Gasteiger partial charge in [0.25, 0.3) is 0 Å². The molecule has 2 aromatic carbocycles. The molecule has 0 radical (unpaired) electrons. The van der Waals surface area contributed by atoms with Crippen molar-refractivity contribution in [3.8, 4) is 0 Å². The van der Waals surface area contributed by atoms with Crippen molar-refractivity contribution in [3.63, 3.8) is 0 Å². The zero-order chi connectivity index (χ0) is 13.1. The molecule has 0 unspecified atom stereocenters. The lowest BCUT2D eigenvalue weighted by atomic mass is 10.0. The SMILES string of the molecule is Nc1ccnc(NCc2cccc3ccccc23)c1. The van der Waals surface area contributed by atoms with E-state index in [1.165, 1.54) is 16.3 Å². The summed E-state index contributed by atoms with van der Waals surface area (Å²) >= 11 is 0. The van der Waals surface area contributed by atoms with Gasteiger partial charge < -0.3 is 11.1 Å². The third-order valence-corrected chi connectivity index (χ3v) is 3.12. The first-order valence-electron chi connectivity index (χ1n) is 6.25. The van der Waals surface area contributed by atoms with Crippen molar-refractivity contribution in [1.29, 1.82) is 0 Å². The summed E-state index contributed by atoms with van der Waals surface area (Å²) < 4.78 is 0. The Labute approximate surface area is 112 Å². The van der Waals surface area contributed by atoms with Crippen LogP contribution in [0.15, 0.2) is 60.8 Å². The molecule has 3 heteroatoms. The monoisotopic (exact) mass is 249 g/mol. The van der Waals surface area contributed by atoms with Gasteiger partial charge in [-0.15, -0.1) is 0 Å². The van der Waals surface area contributed by atoms with Crippen molar-refractivity contribution in [3.05, 3.63) is 66.4 Å². The lowest BCUT2D eigenvalue weighted by Gasteiger charge is -2.09. The second-order valence-electron chi connectivity index (χ2n) is 4.47. The van der Waals surface area contributed by atoms with Crippen LogP contribution in [0.5, 0.6) is 0 Å². The molecular formula is C16H15N3. The van der Waals surface area contributed by atoms with Crippen molar-refractivity contribution in [2.24, 2.45) is 0 Å². The van der Waals surface area contributed by atoms with Gasteiger partial charge in [0.1, 0.15) is 5.82 Å². The second kappa shape index (κ2) is 4.98. The predicted octanol–water partition coefficient (Wildman–Crippen LogP) is 3.43. The first-order chi connectivity index (χ1) is 9.33. The molecule has 3 nitrogen and oxygen atoms in total. The van der Waals surface area contributed by atoms with E-state index < -0.39 is 0 Å². The van der Waals surface area contributed by atoms with Crippen molar-refractivity contribution in [2.45, 2.75) is 6.54 Å². The van der Waals surface area contributed by atoms with Gasteiger partial charge >= 0.3 is 0 Å². The van der Waals surface area contributed by atoms with Crippen LogP contribution in [0.4, 0.5) is 11.5 Å². The first kappa shape index (κ1) is 11.5. The minimum atomic E-state index is 0.718. The van der Waals surface area contributed by atoms with Crippen LogP contribution in [0, 0.1) is 0 Å². The van der Waals surface area contributed by atoms with Crippen LogP contribution in [0.25, 0.3) is 10.8 Å². The molecule has 3 aromatic rings. The number of fused-ring (bicyclic) bond motifs is 1. The first-order valence-corrected chi connectivity index (χ1v) is 6.25. The maximum absolute atomic E-state index is 5.74. The minimum Gasteiger partial charge on any atom is -0.399 e. The summed E-state index contributed by atoms with van der Waals surface area (Å²) in [5.74, 6) is 0.799. The molecule has 3 N–H and O–H groups in total. The van der Waals surface area contributed by atoms with Crippen molar-refractivity contribution >= 4 is 22.3 Å². The molecule has 0 aliphatic carbocycles. The van der Waals surface area contributed by atoms with Crippen molar-refractivity contribution in [1.82, 2.24) is 4.98 Å². The zero-order valence-electron chi connectivity index (χ0n) is 10.5. The van der Waals surface area contributed by atoms with Crippen LogP contribution in [0.1, 0.15) is 5.56 Å². The number of hydrogen-bond donors (Lipinski definition) is 2. The van der Waals surface area contributed by atoms with Crippen molar-refractivity contribution < 1.29 is 0 Å². The fraction of sp³-hybridized carbons (Fsp3) is 0.0625. The summed E-state index contributed by atoms with van der Waals surface area (Å²) in [5.41, 5.74) is 7.71. The molecule has 0 spiro atoms. The van der Waals surface area contributed by atoms with Crippen LogP contribution < -0.4 is 11.1 Å². The number of pyridine rings is 1. The van der Waals surface area contributed by atoms with Gasteiger partial charge in [0.15, 0.2) is 0 Å². The third-order valence-electron chi connectivity index (χ3n) is 3.12. The van der Waals surface area contributed by atoms with E-state index in [2.05, 4.69) is 52.8 Å². The number of aromatic nitrogens is 1. The quantitative estimate of drug-likeness (QED) is 0.747. The Balaban J connectivity index is 1.86. The highest BCUT2D eigenvalue weighted by Gasteiger charge is 2.00. The lowest BCUT2D eigenvalue weighted by Crippen LogP contribution is -2.02. The molecule has 0 aliphatic heterocycles. The van der Waals surface area contributed by atoms with Gasteiger partial charge in [-0.05, 0) is 22.4 Å². The predicted molar refractivity (Wildman–Crippen MR) is 79.9 cm³/mol. The average molecular weight is 249 g/mol. The third kappa shape index (κ3) is 2.50. The Morgan fingerprint density at radius 2 is 1.84 bits per heavy atom. The van der Waals surface area contributed by atoms with E-state index in [0.717, 1.165) is 18.1 Å². The highest BCUT2D eigenvalue weighted by molar-refractivity contribution is 5.85. The van der Waals surface area contributed by atoms with Crippen LogP contribution in [0.3, 0.4) is 0 Å². The molecule has 0 bridgehead atoms. The van der Waals surface area contributed by atoms with Crippen LogP contribution in [0.2, 0.25) is 0 Å². The standard InChI is InChI=1S/C16H15N3/c17-14-8-9-18-16(10-14)19-11-13-6-3-5-12-4-1-2-7-15(12)13/h1-10H,11H2,(H3,17,18,19). The maximum Gasteiger partial charge on any atom is 0.128 e. The number of rotatable bonds is 3. The molecule has 0 fully saturated rings. The summed E-state index contributed by atoms with van der Waals surface area (Å²) in [5, 5.41) is 5.82. The van der Waals surface area contributed by atoms with E-state index in [1.807, 2.05) is 6.07 Å². The summed E-state index contributed by atoms with van der Waals surface area (Å²) in [7, 11) is 0. The van der Waals surface area contributed by atoms with E-state index in [-0.39, 0.29) is 0 Å². The zero-order valence-corrected chi connectivity index (χ0v) is 10.5. The Morgan fingerprint density at radius 3 is 2.74 bits per heavy atom. The molecule has 0 saturated carbocycles. The Hall–Kier alpha value is -2.55. The normalized spacial score (nSPS) is 10.5. The van der Waals surface area contributed by atoms with E-state index in [9.17, 15) is 0 Å². The highest BCUT2D eigenvalue weighted by Crippen LogP contribution is 2.19. The lowest BCUT2D eigenvalue weighted by molar-refractivity contribution is 1.13. The summed E-state index contributed by atoms with van der Waals surface area (Å²) in [6, 6.07) is 18.3. The summed E-state index contributed by atoms with van der Waals surface area (Å²) in [6.45, 7) is 0.734. The number of benzene rings is 2. The average Bonchev–Trinajstić information content (AvgIpc) is 2.45. The van der Waals surface area contributed by atoms with Gasteiger partial charge in [0, 0.05) is 24.5 Å². The van der Waals surface area contributed by atoms with E-state index >= 15 is 0 Å². The molecule has 94 valence electrons. The highest BCUT2D eigenvalue weighted by atomic mass is 15.0. The Bertz CT molecular complexity index is 702. The number of nitrogens with two attached hydrogens (primary N) is 1. The number of hydrogen-bond acceptors (Lipinski definition) is 3. The van der Waals surface area contributed by atoms with Gasteiger partial charge in [-0.25, -0.2) is 4.98 Å². The van der Waals surface area contributed by atoms with Gasteiger partial charge in [0.2, 0.25) is 0 Å². The number of nitrogen functional groups attached to an aromatic ring is 1. The Morgan fingerprint density at radius 1 is 1.00 bits per heavy atom. The van der Waals surface area contributed by atoms with Crippen LogP contribution in [-0.2, 0) is 6.54 Å². The van der Waals surface area contributed by atoms with Gasteiger partial charge in [-0.2, -0.15) is 0 Å². The van der Waals surface area contributed by atoms with E-state index in [0.29, 0.717) is 0 Å². The largest absolute Gasteiger partial charge is 0.399 e. The molecule has 0 saturated heterocycles. The van der Waals surface area contributed by atoms with E-state index in [1.54, 1.807) is 12.3 Å². The number of anilines is 2. The second-order valence-corrected chi connectivity index (χ2v) is 4.47. The number of nitrogens with zero attached hydrogens (tertiary/aromatic N) is 1. The molecule has 3 rings (SSSR count). The minimum absolute atomic E-state index is 0.718. The molecular weight excluding hydrogens is 234 g/mol. The van der Waals surface area contributed by atoms with Crippen molar-refractivity contribution in [2.75, 3.05) is 11.1 Å². The molecule has 0 atom stereocenters. The number of nitrogens with one attached hydrogen (secondary N) is 1. The fourth-order valence-electron chi connectivity index (χ4n) is 2.18. The van der Waals surface area contributed by atoms with E-state index in [4.69, 9.17) is 5.73 Å². The van der Waals surface area contributed by atoms with Crippen LogP contribution in [-0.4, -0.2) is 4.98 Å². The molecule has 19 heavy (non-hydrogen) atoms. The molecule has 1 heterocycles. The summed E-state index contributed by atoms with van der Waals surface area (Å²) in [6.07, 6.45) is 1.71. The Kier molecular flexibility index (Phi) is 3.02.